The van der Waals surface area contributed by atoms with Crippen LogP contribution < -0.4 is 4.74 Å². The molecule has 0 saturated carbocycles. The van der Waals surface area contributed by atoms with Crippen LogP contribution in [0.15, 0.2) is 36.4 Å². The molecular formula is C15H17NO5. The number of hydrogen-bond acceptors (Lipinski definition) is 5. The number of rotatable bonds is 3. The highest BCUT2D eigenvalue weighted by atomic mass is 16.7. The van der Waals surface area contributed by atoms with Crippen LogP contribution in [0.4, 0.5) is 10.5 Å². The lowest BCUT2D eigenvalue weighted by molar-refractivity contribution is -0.384. The van der Waals surface area contributed by atoms with Crippen LogP contribution in [0.2, 0.25) is 0 Å². The lowest BCUT2D eigenvalue weighted by atomic mass is 10.0. The summed E-state index contributed by atoms with van der Waals surface area (Å²) in [6, 6.07) is 5.29. The fourth-order valence-electron chi connectivity index (χ4n) is 2.11. The van der Waals surface area contributed by atoms with E-state index in [0.29, 0.717) is 0 Å². The van der Waals surface area contributed by atoms with Crippen molar-refractivity contribution in [2.75, 3.05) is 0 Å². The zero-order valence-electron chi connectivity index (χ0n) is 11.6. The van der Waals surface area contributed by atoms with Gasteiger partial charge in [-0.15, -0.1) is 0 Å². The van der Waals surface area contributed by atoms with Crippen molar-refractivity contribution < 1.29 is 19.2 Å². The first-order valence-electron chi connectivity index (χ1n) is 6.95. The van der Waals surface area contributed by atoms with Gasteiger partial charge in [0.2, 0.25) is 0 Å². The van der Waals surface area contributed by atoms with Crippen LogP contribution in [-0.2, 0) is 4.74 Å². The minimum Gasteiger partial charge on any atom is -0.426 e. The molecule has 112 valence electrons. The Hall–Kier alpha value is -2.37. The van der Waals surface area contributed by atoms with Crippen LogP contribution in [0.5, 0.6) is 5.75 Å². The number of nitro benzene ring substituents is 1. The van der Waals surface area contributed by atoms with Gasteiger partial charge in [-0.25, -0.2) is 4.79 Å². The summed E-state index contributed by atoms with van der Waals surface area (Å²) in [5.41, 5.74) is -0.0568. The van der Waals surface area contributed by atoms with Crippen molar-refractivity contribution in [3.8, 4) is 5.75 Å². The van der Waals surface area contributed by atoms with Gasteiger partial charge in [0.15, 0.2) is 0 Å². The van der Waals surface area contributed by atoms with Gasteiger partial charge in [-0.3, -0.25) is 10.1 Å². The average molecular weight is 291 g/mol. The maximum Gasteiger partial charge on any atom is 0.514 e. The van der Waals surface area contributed by atoms with Gasteiger partial charge in [0.05, 0.1) is 4.92 Å². The summed E-state index contributed by atoms with van der Waals surface area (Å²) >= 11 is 0. The largest absolute Gasteiger partial charge is 0.514 e. The minimum absolute atomic E-state index is 0.0568. The second-order valence-electron chi connectivity index (χ2n) is 4.83. The van der Waals surface area contributed by atoms with Crippen LogP contribution in [0.1, 0.15) is 32.1 Å². The van der Waals surface area contributed by atoms with Gasteiger partial charge in [-0.05, 0) is 43.9 Å². The fourth-order valence-corrected chi connectivity index (χ4v) is 2.11. The zero-order valence-corrected chi connectivity index (χ0v) is 11.6. The van der Waals surface area contributed by atoms with Gasteiger partial charge in [0, 0.05) is 12.1 Å². The number of carbonyl (C=O) groups is 1. The normalized spacial score (nSPS) is 19.9. The van der Waals surface area contributed by atoms with Crippen LogP contribution in [0.25, 0.3) is 0 Å². The van der Waals surface area contributed by atoms with Crippen molar-refractivity contribution in [2.45, 2.75) is 38.2 Å². The Morgan fingerprint density at radius 3 is 2.67 bits per heavy atom. The van der Waals surface area contributed by atoms with Gasteiger partial charge in [0.25, 0.3) is 5.69 Å². The van der Waals surface area contributed by atoms with Crippen LogP contribution >= 0.6 is 0 Å². The molecule has 6 nitrogen and oxygen atoms in total. The van der Waals surface area contributed by atoms with Gasteiger partial charge >= 0.3 is 6.16 Å². The van der Waals surface area contributed by atoms with Crippen molar-refractivity contribution in [3.05, 3.63) is 46.5 Å². The number of ether oxygens (including phenoxy) is 2. The van der Waals surface area contributed by atoms with Crippen LogP contribution in [-0.4, -0.2) is 17.2 Å². The molecule has 0 spiro atoms. The predicted molar refractivity (Wildman–Crippen MR) is 76.2 cm³/mol. The maximum absolute atomic E-state index is 11.7. The molecule has 0 bridgehead atoms. The Bertz CT molecular complexity index is 523. The monoisotopic (exact) mass is 291 g/mol. The van der Waals surface area contributed by atoms with Crippen molar-refractivity contribution in [1.82, 2.24) is 0 Å². The first-order valence-corrected chi connectivity index (χ1v) is 6.95. The number of non-ortho nitro benzene ring substituents is 1. The van der Waals surface area contributed by atoms with E-state index >= 15 is 0 Å². The second kappa shape index (κ2) is 7.42. The molecule has 0 N–H and O–H groups in total. The highest BCUT2D eigenvalue weighted by molar-refractivity contribution is 5.64. The average Bonchev–Trinajstić information content (AvgIpc) is 2.42. The Morgan fingerprint density at radius 2 is 1.95 bits per heavy atom. The Labute approximate surface area is 122 Å². The summed E-state index contributed by atoms with van der Waals surface area (Å²) in [6.45, 7) is 0. The maximum atomic E-state index is 11.7. The molecular weight excluding hydrogens is 274 g/mol. The van der Waals surface area contributed by atoms with E-state index in [0.717, 1.165) is 32.1 Å². The Kier molecular flexibility index (Phi) is 5.31. The van der Waals surface area contributed by atoms with Crippen LogP contribution in [0, 0.1) is 10.1 Å². The predicted octanol–water partition coefficient (Wildman–Crippen LogP) is 4.00. The number of nitrogens with zero attached hydrogens (tertiary/aromatic N) is 1. The molecule has 2 rings (SSSR count). The summed E-state index contributed by atoms with van der Waals surface area (Å²) in [6.07, 6.45) is 7.93. The highest BCUT2D eigenvalue weighted by Crippen LogP contribution is 2.19. The first-order chi connectivity index (χ1) is 10.1. The molecule has 1 atom stereocenters. The Balaban J connectivity index is 1.88. The summed E-state index contributed by atoms with van der Waals surface area (Å²) in [5.74, 6) is 0.223. The van der Waals surface area contributed by atoms with E-state index in [1.807, 2.05) is 12.2 Å². The quantitative estimate of drug-likeness (QED) is 0.276. The first kappa shape index (κ1) is 15.0. The van der Waals surface area contributed by atoms with Crippen molar-refractivity contribution >= 4 is 11.8 Å². The molecule has 21 heavy (non-hydrogen) atoms. The molecule has 6 heteroatoms. The molecule has 0 aliphatic heterocycles. The molecule has 0 heterocycles. The van der Waals surface area contributed by atoms with Gasteiger partial charge in [-0.1, -0.05) is 12.5 Å². The lowest BCUT2D eigenvalue weighted by Gasteiger charge is -2.15. The zero-order chi connectivity index (χ0) is 15.1. The molecule has 0 unspecified atom stereocenters. The third-order valence-electron chi connectivity index (χ3n) is 3.21. The van der Waals surface area contributed by atoms with E-state index in [1.165, 1.54) is 24.3 Å². The fraction of sp³-hybridized carbons (Fsp3) is 0.400. The molecule has 1 aliphatic carbocycles. The summed E-state index contributed by atoms with van der Waals surface area (Å²) in [7, 11) is 0. The summed E-state index contributed by atoms with van der Waals surface area (Å²) in [5, 5.41) is 10.5. The molecule has 0 fully saturated rings. The standard InChI is InChI=1S/C15H17NO5/c17-15(20-13-6-4-2-1-3-5-7-13)21-14-10-8-12(9-11-14)16(18)19/h4,6,8-11,13H,1-3,5,7H2/b6-4+/t13-/m1/s1. The van der Waals surface area contributed by atoms with Gasteiger partial charge in [0.1, 0.15) is 11.9 Å². The Morgan fingerprint density at radius 1 is 1.19 bits per heavy atom. The van der Waals surface area contributed by atoms with Gasteiger partial charge < -0.3 is 9.47 Å². The number of hydrogen-bond donors (Lipinski definition) is 0. The molecule has 0 aromatic heterocycles. The molecule has 0 saturated heterocycles. The SMILES string of the molecule is O=C(Oc1ccc([N+](=O)[O-])cc1)O[C@@H]1/C=C/CCCCC1. The van der Waals surface area contributed by atoms with Gasteiger partial charge in [-0.2, -0.15) is 0 Å². The molecule has 1 aromatic carbocycles. The number of nitro groups is 1. The minimum atomic E-state index is -0.793. The second-order valence-corrected chi connectivity index (χ2v) is 4.83. The molecule has 1 aliphatic rings. The number of benzene rings is 1. The molecule has 1 aromatic rings. The van der Waals surface area contributed by atoms with E-state index in [-0.39, 0.29) is 17.5 Å². The van der Waals surface area contributed by atoms with E-state index in [1.54, 1.807) is 0 Å². The third kappa shape index (κ3) is 4.91. The third-order valence-corrected chi connectivity index (χ3v) is 3.21. The summed E-state index contributed by atoms with van der Waals surface area (Å²) in [4.78, 5) is 21.7. The molecule has 0 radical (unpaired) electrons. The molecule has 0 amide bonds. The van der Waals surface area contributed by atoms with Crippen molar-refractivity contribution in [1.29, 1.82) is 0 Å². The van der Waals surface area contributed by atoms with Crippen molar-refractivity contribution in [2.24, 2.45) is 0 Å². The van der Waals surface area contributed by atoms with E-state index in [9.17, 15) is 14.9 Å². The highest BCUT2D eigenvalue weighted by Gasteiger charge is 2.15. The van der Waals surface area contributed by atoms with E-state index in [4.69, 9.17) is 9.47 Å². The topological polar surface area (TPSA) is 78.7 Å². The lowest BCUT2D eigenvalue weighted by Crippen LogP contribution is -2.19. The number of allylic oxidation sites excluding steroid dienone is 1. The van der Waals surface area contributed by atoms with E-state index < -0.39 is 11.1 Å². The van der Waals surface area contributed by atoms with Crippen LogP contribution in [0.3, 0.4) is 0 Å². The number of carbonyl (C=O) groups excluding carboxylic acids is 1. The smallest absolute Gasteiger partial charge is 0.426 e. The summed E-state index contributed by atoms with van der Waals surface area (Å²) < 4.78 is 10.2. The van der Waals surface area contributed by atoms with E-state index in [2.05, 4.69) is 0 Å². The van der Waals surface area contributed by atoms with Crippen molar-refractivity contribution in [3.63, 3.8) is 0 Å².